The van der Waals surface area contributed by atoms with Gasteiger partial charge in [0.15, 0.2) is 11.6 Å². The Bertz CT molecular complexity index is 997. The van der Waals surface area contributed by atoms with E-state index in [0.717, 1.165) is 0 Å². The predicted octanol–water partition coefficient (Wildman–Crippen LogP) is 2.70. The number of pyridine rings is 1. The third-order valence-electron chi connectivity index (χ3n) is 5.63. The van der Waals surface area contributed by atoms with Crippen LogP contribution in [0.3, 0.4) is 0 Å². The van der Waals surface area contributed by atoms with E-state index < -0.39 is 26.2 Å². The summed E-state index contributed by atoms with van der Waals surface area (Å²) in [4.78, 5) is 4.26. The first-order valence-corrected chi connectivity index (χ1v) is 11.2. The molecule has 4 N–H and O–H groups in total. The van der Waals surface area contributed by atoms with Gasteiger partial charge in [0.25, 0.3) is 0 Å². The van der Waals surface area contributed by atoms with Crippen molar-refractivity contribution in [2.45, 2.75) is 31.1 Å². The van der Waals surface area contributed by atoms with E-state index in [1.54, 1.807) is 65.4 Å². The molecule has 0 spiro atoms. The van der Waals surface area contributed by atoms with Crippen molar-refractivity contribution in [2.24, 2.45) is 0 Å². The Balaban J connectivity index is 2.02. The fourth-order valence-electron chi connectivity index (χ4n) is 3.61. The average molecular weight is 422 g/mol. The molecule has 0 aliphatic carbocycles. The molecule has 2 heterocycles. The van der Waals surface area contributed by atoms with Gasteiger partial charge in [-0.1, -0.05) is 0 Å². The summed E-state index contributed by atoms with van der Waals surface area (Å²) in [5.41, 5.74) is -0.0774. The quantitative estimate of drug-likeness (QED) is 0.478. The number of hydrogen-bond acceptors (Lipinski definition) is 5. The van der Waals surface area contributed by atoms with Crippen molar-refractivity contribution in [2.75, 3.05) is 25.2 Å². The Morgan fingerprint density at radius 1 is 1.31 bits per heavy atom. The summed E-state index contributed by atoms with van der Waals surface area (Å²) < 4.78 is 35.8. The lowest BCUT2D eigenvalue weighted by molar-refractivity contribution is 0.415. The lowest BCUT2D eigenvalue weighted by Gasteiger charge is -2.51. The number of nitrogens with one attached hydrogen (secondary N) is 4. The lowest BCUT2D eigenvalue weighted by atomic mass is 9.91. The Morgan fingerprint density at radius 3 is 2.69 bits per heavy atom. The maximum Gasteiger partial charge on any atom is 0.173 e. The summed E-state index contributed by atoms with van der Waals surface area (Å²) in [5, 5.41) is 14.7. The van der Waals surface area contributed by atoms with Crippen LogP contribution >= 0.6 is 0 Å². The Kier molecular flexibility index (Phi) is 5.40. The number of anilines is 2. The SMILES string of the molecule is CN[SH]1(=O)C[C@@](C)(c2cc(Nc3ncccc3OC)ccc2F)NC(=N)C1(C)C. The summed E-state index contributed by atoms with van der Waals surface area (Å²) in [5.74, 6) is 0.911. The molecule has 1 aliphatic rings. The van der Waals surface area contributed by atoms with Gasteiger partial charge in [-0.3, -0.25) is 14.3 Å². The first-order valence-electron chi connectivity index (χ1n) is 9.28. The average Bonchev–Trinajstić information content (AvgIpc) is 2.68. The van der Waals surface area contributed by atoms with Gasteiger partial charge in [0.1, 0.15) is 11.7 Å². The molecule has 1 aromatic heterocycles. The second-order valence-electron chi connectivity index (χ2n) is 7.89. The van der Waals surface area contributed by atoms with E-state index >= 15 is 0 Å². The van der Waals surface area contributed by atoms with Crippen molar-refractivity contribution in [3.8, 4) is 5.75 Å². The van der Waals surface area contributed by atoms with Gasteiger partial charge < -0.3 is 15.4 Å². The maximum atomic E-state index is 14.9. The van der Waals surface area contributed by atoms with Crippen LogP contribution in [0.4, 0.5) is 15.9 Å². The smallest absolute Gasteiger partial charge is 0.173 e. The maximum absolute atomic E-state index is 14.9. The van der Waals surface area contributed by atoms with Gasteiger partial charge >= 0.3 is 0 Å². The minimum atomic E-state index is -3.01. The molecular weight excluding hydrogens is 393 g/mol. The highest BCUT2D eigenvalue weighted by Gasteiger charge is 2.50. The van der Waals surface area contributed by atoms with Crippen LogP contribution in [-0.4, -0.2) is 39.7 Å². The number of hydrogen-bond donors (Lipinski definition) is 5. The van der Waals surface area contributed by atoms with Crippen molar-refractivity contribution in [3.05, 3.63) is 47.9 Å². The van der Waals surface area contributed by atoms with Crippen molar-refractivity contribution in [3.63, 3.8) is 0 Å². The first-order chi connectivity index (χ1) is 13.6. The number of ether oxygens (including phenoxy) is 1. The van der Waals surface area contributed by atoms with Crippen LogP contribution in [0.25, 0.3) is 0 Å². The highest BCUT2D eigenvalue weighted by atomic mass is 32.3. The molecule has 2 aromatic rings. The van der Waals surface area contributed by atoms with E-state index in [1.165, 1.54) is 6.07 Å². The third kappa shape index (κ3) is 3.60. The monoisotopic (exact) mass is 421 g/mol. The number of halogens is 1. The van der Waals surface area contributed by atoms with E-state index in [9.17, 15) is 8.60 Å². The number of aromatic nitrogens is 1. The molecule has 0 bridgehead atoms. The predicted molar refractivity (Wildman–Crippen MR) is 116 cm³/mol. The van der Waals surface area contributed by atoms with E-state index in [2.05, 4.69) is 20.3 Å². The van der Waals surface area contributed by atoms with Gasteiger partial charge in [0, 0.05) is 23.2 Å². The molecule has 1 aromatic carbocycles. The fraction of sp³-hybridized carbons (Fsp3) is 0.400. The molecule has 0 saturated carbocycles. The molecule has 9 heteroatoms. The van der Waals surface area contributed by atoms with Gasteiger partial charge in [0.05, 0.1) is 17.4 Å². The van der Waals surface area contributed by atoms with Gasteiger partial charge in [-0.2, -0.15) is 0 Å². The molecule has 0 unspecified atom stereocenters. The topological polar surface area (TPSA) is 99.1 Å². The van der Waals surface area contributed by atoms with Gasteiger partial charge in [-0.15, -0.1) is 0 Å². The fourth-order valence-corrected chi connectivity index (χ4v) is 6.28. The van der Waals surface area contributed by atoms with Crippen LogP contribution in [-0.2, 0) is 15.7 Å². The summed E-state index contributed by atoms with van der Waals surface area (Å²) >= 11 is 0. The molecule has 1 atom stereocenters. The molecule has 158 valence electrons. The zero-order valence-electron chi connectivity index (χ0n) is 17.3. The standard InChI is InChI=1S/C20H28FN5O2S/c1-19(2)18(22)26-20(3,12-29(19,27)23-4)14-11-13(8-9-15(14)21)25-17-16(28-5)7-6-10-24-17/h6-11,29H,12H2,1-5H3,(H2,22,26)(H,23,27)(H,24,25)/t20-/m0/s1. The molecule has 3 rings (SSSR count). The Hall–Kier alpha value is -2.52. The van der Waals surface area contributed by atoms with Crippen LogP contribution in [0.5, 0.6) is 5.75 Å². The van der Waals surface area contributed by atoms with Crippen molar-refractivity contribution in [1.82, 2.24) is 15.0 Å². The number of rotatable bonds is 5. The van der Waals surface area contributed by atoms with Crippen molar-refractivity contribution < 1.29 is 13.3 Å². The van der Waals surface area contributed by atoms with Crippen LogP contribution in [0, 0.1) is 11.2 Å². The van der Waals surface area contributed by atoms with Gasteiger partial charge in [-0.05, 0) is 68.3 Å². The molecule has 0 amide bonds. The molecule has 29 heavy (non-hydrogen) atoms. The summed E-state index contributed by atoms with van der Waals surface area (Å²) in [6.07, 6.45) is 1.63. The molecule has 1 saturated heterocycles. The lowest BCUT2D eigenvalue weighted by Crippen LogP contribution is -2.69. The number of nitrogens with zero attached hydrogens (tertiary/aromatic N) is 1. The first kappa shape index (κ1) is 21.2. The number of benzene rings is 1. The third-order valence-corrected chi connectivity index (χ3v) is 9.46. The van der Waals surface area contributed by atoms with E-state index in [4.69, 9.17) is 10.1 Å². The minimum Gasteiger partial charge on any atom is -0.493 e. The van der Waals surface area contributed by atoms with Crippen molar-refractivity contribution >= 4 is 27.5 Å². The van der Waals surface area contributed by atoms with Gasteiger partial charge in [0.2, 0.25) is 0 Å². The summed E-state index contributed by atoms with van der Waals surface area (Å²) in [7, 11) is 0.167. The van der Waals surface area contributed by atoms with E-state index in [-0.39, 0.29) is 11.6 Å². The zero-order chi connectivity index (χ0) is 21.4. The number of methoxy groups -OCH3 is 1. The van der Waals surface area contributed by atoms with Crippen LogP contribution < -0.4 is 20.1 Å². The van der Waals surface area contributed by atoms with Gasteiger partial charge in [-0.25, -0.2) is 9.37 Å². The highest BCUT2D eigenvalue weighted by molar-refractivity contribution is 8.03. The van der Waals surface area contributed by atoms with Crippen LogP contribution in [0.2, 0.25) is 0 Å². The zero-order valence-corrected chi connectivity index (χ0v) is 18.2. The van der Waals surface area contributed by atoms with Crippen LogP contribution in [0.1, 0.15) is 26.3 Å². The van der Waals surface area contributed by atoms with Crippen LogP contribution in [0.15, 0.2) is 36.5 Å². The second-order valence-corrected chi connectivity index (χ2v) is 11.2. The Morgan fingerprint density at radius 2 is 2.03 bits per heavy atom. The van der Waals surface area contributed by atoms with E-state index in [0.29, 0.717) is 22.8 Å². The summed E-state index contributed by atoms with van der Waals surface area (Å²) in [6, 6.07) is 8.15. The van der Waals surface area contributed by atoms with Crippen molar-refractivity contribution in [1.29, 1.82) is 5.41 Å². The normalized spacial score (nSPS) is 23.7. The Labute approximate surface area is 171 Å². The summed E-state index contributed by atoms with van der Waals surface area (Å²) in [6.45, 7) is 5.30. The number of thiol groups is 1. The molecule has 1 aliphatic heterocycles. The molecule has 7 nitrogen and oxygen atoms in total. The molecular formula is C20H28FN5O2S. The number of amidine groups is 1. The highest BCUT2D eigenvalue weighted by Crippen LogP contribution is 2.38. The van der Waals surface area contributed by atoms with E-state index in [1.807, 2.05) is 0 Å². The molecule has 0 radical (unpaired) electrons. The largest absolute Gasteiger partial charge is 0.493 e. The second kappa shape index (κ2) is 7.38. The molecule has 1 fully saturated rings. The minimum absolute atomic E-state index is 0.119.